The SMILES string of the molecule is C#CCNC(=O)C(C)NC(C)C1CC1. The second-order valence-electron chi connectivity index (χ2n) is 3.94. The fourth-order valence-electron chi connectivity index (χ4n) is 1.49. The number of carbonyl (C=O) groups is 1. The molecule has 0 aromatic carbocycles. The van der Waals surface area contributed by atoms with Crippen LogP contribution in [0.3, 0.4) is 0 Å². The third-order valence-corrected chi connectivity index (χ3v) is 2.60. The van der Waals surface area contributed by atoms with Crippen molar-refractivity contribution in [1.29, 1.82) is 0 Å². The minimum atomic E-state index is -0.154. The van der Waals surface area contributed by atoms with Crippen LogP contribution in [-0.4, -0.2) is 24.5 Å². The molecule has 0 spiro atoms. The quantitative estimate of drug-likeness (QED) is 0.626. The summed E-state index contributed by atoms with van der Waals surface area (Å²) < 4.78 is 0. The highest BCUT2D eigenvalue weighted by molar-refractivity contribution is 5.81. The van der Waals surface area contributed by atoms with Crippen molar-refractivity contribution in [1.82, 2.24) is 10.6 Å². The van der Waals surface area contributed by atoms with Crippen LogP contribution in [-0.2, 0) is 4.79 Å². The minimum absolute atomic E-state index is 0.0181. The van der Waals surface area contributed by atoms with E-state index in [2.05, 4.69) is 23.5 Å². The topological polar surface area (TPSA) is 41.1 Å². The van der Waals surface area contributed by atoms with E-state index >= 15 is 0 Å². The lowest BCUT2D eigenvalue weighted by atomic mass is 10.2. The molecule has 2 atom stereocenters. The summed E-state index contributed by atoms with van der Waals surface area (Å²) >= 11 is 0. The lowest BCUT2D eigenvalue weighted by molar-refractivity contribution is -0.122. The van der Waals surface area contributed by atoms with Crippen molar-refractivity contribution in [2.24, 2.45) is 5.92 Å². The van der Waals surface area contributed by atoms with Gasteiger partial charge in [0.25, 0.3) is 0 Å². The predicted molar refractivity (Wildman–Crippen MR) is 56.6 cm³/mol. The highest BCUT2D eigenvalue weighted by Gasteiger charge is 2.29. The maximum absolute atomic E-state index is 11.4. The molecule has 0 radical (unpaired) electrons. The second-order valence-corrected chi connectivity index (χ2v) is 3.94. The highest BCUT2D eigenvalue weighted by atomic mass is 16.2. The van der Waals surface area contributed by atoms with Crippen LogP contribution in [0.5, 0.6) is 0 Å². The first kappa shape index (κ1) is 11.1. The van der Waals surface area contributed by atoms with Crippen molar-refractivity contribution < 1.29 is 4.79 Å². The molecule has 1 rings (SSSR count). The molecule has 0 aliphatic heterocycles. The summed E-state index contributed by atoms with van der Waals surface area (Å²) in [5, 5.41) is 5.93. The molecule has 2 N–H and O–H groups in total. The summed E-state index contributed by atoms with van der Waals surface area (Å²) in [7, 11) is 0. The molecular formula is C11H18N2O. The molecule has 78 valence electrons. The number of terminal acetylenes is 1. The summed E-state index contributed by atoms with van der Waals surface area (Å²) in [6.45, 7) is 4.30. The summed E-state index contributed by atoms with van der Waals surface area (Å²) in [5.41, 5.74) is 0. The molecule has 2 unspecified atom stereocenters. The van der Waals surface area contributed by atoms with Gasteiger partial charge in [-0.1, -0.05) is 5.92 Å². The van der Waals surface area contributed by atoms with E-state index in [0.29, 0.717) is 12.6 Å². The first-order valence-electron chi connectivity index (χ1n) is 5.12. The number of nitrogens with one attached hydrogen (secondary N) is 2. The fraction of sp³-hybridized carbons (Fsp3) is 0.727. The third-order valence-electron chi connectivity index (χ3n) is 2.60. The Morgan fingerprint density at radius 3 is 2.71 bits per heavy atom. The minimum Gasteiger partial charge on any atom is -0.344 e. The van der Waals surface area contributed by atoms with Crippen molar-refractivity contribution in [3.8, 4) is 12.3 Å². The van der Waals surface area contributed by atoms with E-state index in [-0.39, 0.29) is 11.9 Å². The standard InChI is InChI=1S/C11H18N2O/c1-4-7-12-11(14)9(3)13-8(2)10-5-6-10/h1,8-10,13H,5-7H2,2-3H3,(H,12,14). The van der Waals surface area contributed by atoms with Gasteiger partial charge in [0.05, 0.1) is 12.6 Å². The lowest BCUT2D eigenvalue weighted by Gasteiger charge is -2.18. The molecule has 1 fully saturated rings. The van der Waals surface area contributed by atoms with Gasteiger partial charge < -0.3 is 10.6 Å². The Kier molecular flexibility index (Phi) is 3.97. The van der Waals surface area contributed by atoms with Crippen molar-refractivity contribution >= 4 is 5.91 Å². The largest absolute Gasteiger partial charge is 0.344 e. The van der Waals surface area contributed by atoms with Gasteiger partial charge in [-0.2, -0.15) is 0 Å². The predicted octanol–water partition coefficient (Wildman–Crippen LogP) is 0.512. The maximum Gasteiger partial charge on any atom is 0.237 e. The number of hydrogen-bond donors (Lipinski definition) is 2. The zero-order valence-electron chi connectivity index (χ0n) is 8.84. The van der Waals surface area contributed by atoms with E-state index in [1.807, 2.05) is 6.92 Å². The molecule has 1 amide bonds. The zero-order chi connectivity index (χ0) is 10.6. The second kappa shape index (κ2) is 5.02. The van der Waals surface area contributed by atoms with E-state index in [0.717, 1.165) is 5.92 Å². The van der Waals surface area contributed by atoms with Crippen LogP contribution in [0.15, 0.2) is 0 Å². The van der Waals surface area contributed by atoms with E-state index in [1.165, 1.54) is 12.8 Å². The molecule has 1 saturated carbocycles. The van der Waals surface area contributed by atoms with Crippen LogP contribution in [0.2, 0.25) is 0 Å². The molecule has 14 heavy (non-hydrogen) atoms. The molecule has 3 heteroatoms. The molecule has 3 nitrogen and oxygen atoms in total. The monoisotopic (exact) mass is 194 g/mol. The smallest absolute Gasteiger partial charge is 0.237 e. The van der Waals surface area contributed by atoms with E-state index in [9.17, 15) is 4.79 Å². The molecule has 1 aliphatic carbocycles. The molecule has 0 bridgehead atoms. The van der Waals surface area contributed by atoms with Crippen LogP contribution in [0.25, 0.3) is 0 Å². The third kappa shape index (κ3) is 3.39. The molecule has 0 aromatic rings. The van der Waals surface area contributed by atoms with E-state index in [1.54, 1.807) is 0 Å². The first-order valence-corrected chi connectivity index (χ1v) is 5.12. The summed E-state index contributed by atoms with van der Waals surface area (Å²) in [6.07, 6.45) is 7.62. The van der Waals surface area contributed by atoms with E-state index < -0.39 is 0 Å². The Morgan fingerprint density at radius 1 is 1.57 bits per heavy atom. The van der Waals surface area contributed by atoms with Crippen molar-refractivity contribution in [3.63, 3.8) is 0 Å². The van der Waals surface area contributed by atoms with E-state index in [4.69, 9.17) is 6.42 Å². The van der Waals surface area contributed by atoms with Gasteiger partial charge in [-0.15, -0.1) is 6.42 Å². The van der Waals surface area contributed by atoms with Crippen LogP contribution in [0, 0.1) is 18.3 Å². The number of carbonyl (C=O) groups excluding carboxylic acids is 1. The first-order chi connectivity index (χ1) is 6.65. The van der Waals surface area contributed by atoms with Gasteiger partial charge in [-0.25, -0.2) is 0 Å². The van der Waals surface area contributed by atoms with Crippen molar-refractivity contribution in [2.75, 3.05) is 6.54 Å². The Labute approximate surface area is 85.6 Å². The number of hydrogen-bond acceptors (Lipinski definition) is 2. The lowest BCUT2D eigenvalue weighted by Crippen LogP contribution is -2.46. The fourth-order valence-corrected chi connectivity index (χ4v) is 1.49. The van der Waals surface area contributed by atoms with Crippen molar-refractivity contribution in [3.05, 3.63) is 0 Å². The Bertz CT molecular complexity index is 240. The maximum atomic E-state index is 11.4. The summed E-state index contributed by atoms with van der Waals surface area (Å²) in [6, 6.07) is 0.278. The Morgan fingerprint density at radius 2 is 2.21 bits per heavy atom. The molecule has 0 aromatic heterocycles. The normalized spacial score (nSPS) is 19.5. The van der Waals surface area contributed by atoms with Crippen LogP contribution < -0.4 is 10.6 Å². The summed E-state index contributed by atoms with van der Waals surface area (Å²) in [4.78, 5) is 11.4. The average molecular weight is 194 g/mol. The van der Waals surface area contributed by atoms with Crippen molar-refractivity contribution in [2.45, 2.75) is 38.8 Å². The van der Waals surface area contributed by atoms with Crippen LogP contribution in [0.4, 0.5) is 0 Å². The number of rotatable bonds is 5. The van der Waals surface area contributed by atoms with Gasteiger partial charge in [0.2, 0.25) is 5.91 Å². The molecule has 1 aliphatic rings. The van der Waals surface area contributed by atoms with Gasteiger partial charge in [0, 0.05) is 6.04 Å². The van der Waals surface area contributed by atoms with Gasteiger partial charge in [-0.05, 0) is 32.6 Å². The molecule has 0 saturated heterocycles. The van der Waals surface area contributed by atoms with Gasteiger partial charge in [0.15, 0.2) is 0 Å². The van der Waals surface area contributed by atoms with Crippen LogP contribution >= 0.6 is 0 Å². The zero-order valence-corrected chi connectivity index (χ0v) is 8.84. The highest BCUT2D eigenvalue weighted by Crippen LogP contribution is 2.32. The number of amides is 1. The van der Waals surface area contributed by atoms with Crippen LogP contribution in [0.1, 0.15) is 26.7 Å². The average Bonchev–Trinajstić information content (AvgIpc) is 2.96. The van der Waals surface area contributed by atoms with Gasteiger partial charge in [0.1, 0.15) is 0 Å². The Hall–Kier alpha value is -1.01. The molecule has 0 heterocycles. The van der Waals surface area contributed by atoms with Gasteiger partial charge in [-0.3, -0.25) is 4.79 Å². The Balaban J connectivity index is 2.22. The molecular weight excluding hydrogens is 176 g/mol. The summed E-state index contributed by atoms with van der Waals surface area (Å²) in [5.74, 6) is 3.13. The van der Waals surface area contributed by atoms with Gasteiger partial charge >= 0.3 is 0 Å².